The molecule has 1 saturated heterocycles. The maximum Gasteiger partial charge on any atom is 0.281 e. The number of hydrogen-bond donors (Lipinski definition) is 2. The number of carbonyl (C=O) groups excluding carboxylic acids is 2. The maximum atomic E-state index is 13.0. The minimum absolute atomic E-state index is 0.0265. The number of benzene rings is 2. The van der Waals surface area contributed by atoms with Crippen LogP contribution in [0.25, 0.3) is 0 Å². The molecule has 0 aliphatic carbocycles. The topological polar surface area (TPSA) is 66.0 Å². The van der Waals surface area contributed by atoms with E-state index in [2.05, 4.69) is 28.8 Å². The van der Waals surface area contributed by atoms with E-state index in [1.807, 2.05) is 42.2 Å². The number of aryl methyl sites for hydroxylation is 1. The van der Waals surface area contributed by atoms with E-state index in [0.717, 1.165) is 31.5 Å². The van der Waals surface area contributed by atoms with E-state index in [1.54, 1.807) is 0 Å². The summed E-state index contributed by atoms with van der Waals surface area (Å²) in [5, 5.41) is 5.16. The molecule has 146 valence electrons. The Kier molecular flexibility index (Phi) is 5.44. The van der Waals surface area contributed by atoms with E-state index < -0.39 is 0 Å². The number of quaternary nitrogens is 1. The summed E-state index contributed by atoms with van der Waals surface area (Å²) in [6.45, 7) is 4.22. The van der Waals surface area contributed by atoms with Crippen molar-refractivity contribution < 1.29 is 14.9 Å². The Morgan fingerprint density at radius 2 is 1.68 bits per heavy atom. The van der Waals surface area contributed by atoms with Crippen LogP contribution in [-0.4, -0.2) is 35.8 Å². The summed E-state index contributed by atoms with van der Waals surface area (Å²) in [7, 11) is 0. The Bertz CT molecular complexity index is 854. The number of anilines is 1. The average Bonchev–Trinajstić information content (AvgIpc) is 2.74. The number of nitrogens with one attached hydrogen (secondary N) is 1. The van der Waals surface area contributed by atoms with Gasteiger partial charge >= 0.3 is 0 Å². The molecule has 5 nitrogen and oxygen atoms in total. The number of likely N-dealkylation sites (tertiary alicyclic amines) is 1. The Morgan fingerprint density at radius 3 is 2.39 bits per heavy atom. The van der Waals surface area contributed by atoms with Crippen LogP contribution in [0.1, 0.15) is 29.5 Å². The second-order valence-corrected chi connectivity index (χ2v) is 7.97. The number of hydrogen-bond acceptors (Lipinski definition) is 2. The van der Waals surface area contributed by atoms with Crippen LogP contribution in [0.5, 0.6) is 0 Å². The van der Waals surface area contributed by atoms with E-state index in [-0.39, 0.29) is 23.8 Å². The lowest BCUT2D eigenvalue weighted by Crippen LogP contribution is -2.93. The van der Waals surface area contributed by atoms with Crippen molar-refractivity contribution in [1.29, 1.82) is 0 Å². The fraction of sp³-hybridized carbons (Fsp3) is 0.391. The summed E-state index contributed by atoms with van der Waals surface area (Å²) in [5.41, 5.74) is 4.63. The molecule has 2 heterocycles. The predicted molar refractivity (Wildman–Crippen MR) is 109 cm³/mol. The number of nitrogens with two attached hydrogens (primary N) is 1. The van der Waals surface area contributed by atoms with Gasteiger partial charge in [-0.1, -0.05) is 42.0 Å². The molecule has 2 aromatic carbocycles. The highest BCUT2D eigenvalue weighted by atomic mass is 16.2. The van der Waals surface area contributed by atoms with Crippen LogP contribution in [0.4, 0.5) is 5.69 Å². The largest absolute Gasteiger partial charge is 0.337 e. The highest BCUT2D eigenvalue weighted by molar-refractivity contribution is 5.92. The molecule has 0 saturated carbocycles. The first-order valence-electron chi connectivity index (χ1n) is 10.2. The molecule has 4 rings (SSSR count). The first-order chi connectivity index (χ1) is 13.6. The lowest BCUT2D eigenvalue weighted by molar-refractivity contribution is -0.695. The zero-order chi connectivity index (χ0) is 19.5. The quantitative estimate of drug-likeness (QED) is 0.856. The van der Waals surface area contributed by atoms with Gasteiger partial charge in [0.25, 0.3) is 5.91 Å². The van der Waals surface area contributed by atoms with Gasteiger partial charge in [-0.3, -0.25) is 9.59 Å². The van der Waals surface area contributed by atoms with Gasteiger partial charge in [-0.25, -0.2) is 0 Å². The zero-order valence-electron chi connectivity index (χ0n) is 16.4. The lowest BCUT2D eigenvalue weighted by atomic mass is 9.92. The van der Waals surface area contributed by atoms with Gasteiger partial charge in [0.1, 0.15) is 6.54 Å². The van der Waals surface area contributed by atoms with Crippen LogP contribution in [0, 0.1) is 12.8 Å². The third-order valence-corrected chi connectivity index (χ3v) is 5.99. The van der Waals surface area contributed by atoms with Gasteiger partial charge in [-0.05, 0) is 37.5 Å². The van der Waals surface area contributed by atoms with E-state index in [4.69, 9.17) is 0 Å². The average molecular weight is 378 g/mol. The van der Waals surface area contributed by atoms with Gasteiger partial charge in [0.05, 0.1) is 0 Å². The molecule has 2 aliphatic rings. The fourth-order valence-electron chi connectivity index (χ4n) is 4.21. The molecule has 5 heteroatoms. The van der Waals surface area contributed by atoms with Gasteiger partial charge in [-0.2, -0.15) is 0 Å². The molecule has 1 atom stereocenters. The van der Waals surface area contributed by atoms with E-state index in [0.29, 0.717) is 13.1 Å². The molecule has 3 N–H and O–H groups in total. The second kappa shape index (κ2) is 8.15. The van der Waals surface area contributed by atoms with Crippen molar-refractivity contribution in [2.45, 2.75) is 38.8 Å². The number of nitrogens with zero attached hydrogens (tertiary/aromatic N) is 1. The molecule has 2 aliphatic heterocycles. The van der Waals surface area contributed by atoms with Gasteiger partial charge in [0.15, 0.2) is 6.04 Å². The summed E-state index contributed by atoms with van der Waals surface area (Å²) in [6, 6.07) is 16.2. The molecule has 0 radical (unpaired) electrons. The van der Waals surface area contributed by atoms with Gasteiger partial charge in [0.2, 0.25) is 5.91 Å². The molecule has 0 unspecified atom stereocenters. The van der Waals surface area contributed by atoms with Crippen LogP contribution < -0.4 is 10.6 Å². The normalized spacial score (nSPS) is 19.8. The van der Waals surface area contributed by atoms with Crippen LogP contribution in [-0.2, 0) is 22.6 Å². The molecule has 1 fully saturated rings. The molecule has 0 aromatic heterocycles. The molecule has 28 heavy (non-hydrogen) atoms. The smallest absolute Gasteiger partial charge is 0.281 e. The first-order valence-corrected chi connectivity index (χ1v) is 10.2. The van der Waals surface area contributed by atoms with Crippen LogP contribution in [0.2, 0.25) is 0 Å². The Morgan fingerprint density at radius 1 is 1.00 bits per heavy atom. The minimum atomic E-state index is -0.0344. The lowest BCUT2D eigenvalue weighted by Gasteiger charge is -2.34. The zero-order valence-corrected chi connectivity index (χ0v) is 16.4. The van der Waals surface area contributed by atoms with Crippen molar-refractivity contribution >= 4 is 17.5 Å². The van der Waals surface area contributed by atoms with Crippen molar-refractivity contribution in [3.63, 3.8) is 0 Å². The van der Waals surface area contributed by atoms with Crippen molar-refractivity contribution in [2.24, 2.45) is 5.92 Å². The number of carbonyl (C=O) groups is 2. The van der Waals surface area contributed by atoms with E-state index in [1.165, 1.54) is 16.7 Å². The van der Waals surface area contributed by atoms with Crippen LogP contribution in [0.15, 0.2) is 48.5 Å². The van der Waals surface area contributed by atoms with E-state index >= 15 is 0 Å². The SMILES string of the molecule is Cc1ccc(NC(=O)C2CCN(C(=O)[C@@H]3Cc4ccccc4C[NH2+]3)CC2)cc1. The van der Waals surface area contributed by atoms with Crippen LogP contribution >= 0.6 is 0 Å². The predicted octanol–water partition coefficient (Wildman–Crippen LogP) is 1.86. The van der Waals surface area contributed by atoms with E-state index in [9.17, 15) is 9.59 Å². The summed E-state index contributed by atoms with van der Waals surface area (Å²) in [5.74, 6) is 0.252. The van der Waals surface area contributed by atoms with Gasteiger partial charge < -0.3 is 15.5 Å². The van der Waals surface area contributed by atoms with Crippen molar-refractivity contribution in [3.8, 4) is 0 Å². The maximum absolute atomic E-state index is 13.0. The van der Waals surface area contributed by atoms with Crippen molar-refractivity contribution in [2.75, 3.05) is 18.4 Å². The standard InChI is InChI=1S/C23H27N3O2/c1-16-6-8-20(9-7-16)25-22(27)17-10-12-26(13-11-17)23(28)21-14-18-4-2-3-5-19(18)15-24-21/h2-9,17,21,24H,10-15H2,1H3,(H,25,27)/p+1/t21-/m0/s1. The fourth-order valence-corrected chi connectivity index (χ4v) is 4.21. The molecule has 0 spiro atoms. The molecular formula is C23H28N3O2+. The molecule has 2 amide bonds. The highest BCUT2D eigenvalue weighted by Crippen LogP contribution is 2.21. The van der Waals surface area contributed by atoms with Crippen LogP contribution in [0.3, 0.4) is 0 Å². The third-order valence-electron chi connectivity index (χ3n) is 5.99. The number of fused-ring (bicyclic) bond motifs is 1. The summed E-state index contributed by atoms with van der Waals surface area (Å²) in [6.07, 6.45) is 2.25. The van der Waals surface area contributed by atoms with Crippen molar-refractivity contribution in [1.82, 2.24) is 4.90 Å². The molecule has 0 bridgehead atoms. The summed E-state index contributed by atoms with van der Waals surface area (Å²) >= 11 is 0. The first kappa shape index (κ1) is 18.7. The highest BCUT2D eigenvalue weighted by Gasteiger charge is 2.34. The monoisotopic (exact) mass is 378 g/mol. The number of piperidine rings is 1. The third kappa shape index (κ3) is 4.09. The summed E-state index contributed by atoms with van der Waals surface area (Å²) < 4.78 is 0. The second-order valence-electron chi connectivity index (χ2n) is 7.97. The number of amides is 2. The molecular weight excluding hydrogens is 350 g/mol. The minimum Gasteiger partial charge on any atom is -0.337 e. The number of rotatable bonds is 3. The molecule has 2 aromatic rings. The Hall–Kier alpha value is -2.66. The van der Waals surface area contributed by atoms with Gasteiger partial charge in [-0.15, -0.1) is 0 Å². The summed E-state index contributed by atoms with van der Waals surface area (Å²) in [4.78, 5) is 27.5. The van der Waals surface area contributed by atoms with Gasteiger partial charge in [0, 0.05) is 36.7 Å². The Balaban J connectivity index is 1.29. The Labute approximate surface area is 166 Å². The van der Waals surface area contributed by atoms with Crippen molar-refractivity contribution in [3.05, 3.63) is 65.2 Å².